The molecule has 0 bridgehead atoms. The number of likely N-dealkylation sites (tertiary alicyclic amines) is 2. The zero-order valence-corrected chi connectivity index (χ0v) is 15.8. The molecule has 4 rings (SSSR count). The third-order valence-electron chi connectivity index (χ3n) is 6.47. The van der Waals surface area contributed by atoms with E-state index in [1.807, 2.05) is 12.4 Å². The van der Waals surface area contributed by atoms with Gasteiger partial charge in [-0.3, -0.25) is 9.69 Å². The van der Waals surface area contributed by atoms with Crippen molar-refractivity contribution in [1.82, 2.24) is 19.8 Å². The van der Waals surface area contributed by atoms with Gasteiger partial charge in [0.2, 0.25) is 5.91 Å². The number of amides is 1. The second-order valence-corrected chi connectivity index (χ2v) is 8.38. The number of rotatable bonds is 4. The lowest BCUT2D eigenvalue weighted by Gasteiger charge is -2.40. The van der Waals surface area contributed by atoms with Gasteiger partial charge in [0.05, 0.1) is 7.11 Å². The van der Waals surface area contributed by atoms with Crippen LogP contribution in [0.2, 0.25) is 0 Å². The number of carbonyl (C=O) groups excluding carboxylic acids is 1. The van der Waals surface area contributed by atoms with Crippen LogP contribution in [0.5, 0.6) is 6.01 Å². The summed E-state index contributed by atoms with van der Waals surface area (Å²) in [7, 11) is 1.59. The first kappa shape index (κ1) is 17.7. The fraction of sp³-hybridized carbons (Fsp3) is 0.750. The highest BCUT2D eigenvalue weighted by Crippen LogP contribution is 2.40. The monoisotopic (exact) mass is 358 g/mol. The van der Waals surface area contributed by atoms with Gasteiger partial charge in [0.25, 0.3) is 0 Å². The van der Waals surface area contributed by atoms with Crippen LogP contribution >= 0.6 is 0 Å². The van der Waals surface area contributed by atoms with Crippen molar-refractivity contribution in [3.63, 3.8) is 0 Å². The van der Waals surface area contributed by atoms with E-state index in [1.54, 1.807) is 7.11 Å². The molecule has 3 fully saturated rings. The molecule has 0 unspecified atom stereocenters. The van der Waals surface area contributed by atoms with E-state index in [9.17, 15) is 4.79 Å². The summed E-state index contributed by atoms with van der Waals surface area (Å²) >= 11 is 0. The van der Waals surface area contributed by atoms with E-state index >= 15 is 0 Å². The molecule has 3 heterocycles. The Labute approximate surface area is 155 Å². The molecule has 1 spiro atoms. The molecular weight excluding hydrogens is 328 g/mol. The van der Waals surface area contributed by atoms with Crippen LogP contribution in [-0.4, -0.2) is 59.0 Å². The van der Waals surface area contributed by atoms with Crippen molar-refractivity contribution < 1.29 is 9.53 Å². The fourth-order valence-electron chi connectivity index (χ4n) is 5.12. The average Bonchev–Trinajstić information content (AvgIpc) is 3.33. The maximum absolute atomic E-state index is 12.8. The second-order valence-electron chi connectivity index (χ2n) is 8.38. The third-order valence-corrected chi connectivity index (χ3v) is 6.47. The van der Waals surface area contributed by atoms with Crippen LogP contribution in [0.4, 0.5) is 0 Å². The van der Waals surface area contributed by atoms with Crippen LogP contribution in [0.3, 0.4) is 0 Å². The Hall–Kier alpha value is -1.69. The first-order valence-corrected chi connectivity index (χ1v) is 10.0. The van der Waals surface area contributed by atoms with Gasteiger partial charge in [0.1, 0.15) is 0 Å². The Bertz CT molecular complexity index is 629. The summed E-state index contributed by atoms with van der Waals surface area (Å²) in [4.78, 5) is 25.9. The molecule has 1 atom stereocenters. The van der Waals surface area contributed by atoms with Gasteiger partial charge in [-0.25, -0.2) is 9.97 Å². The van der Waals surface area contributed by atoms with Gasteiger partial charge >= 0.3 is 6.01 Å². The summed E-state index contributed by atoms with van der Waals surface area (Å²) in [6.07, 6.45) is 12.0. The summed E-state index contributed by atoms with van der Waals surface area (Å²) in [5, 5.41) is 0. The summed E-state index contributed by atoms with van der Waals surface area (Å²) < 4.78 is 5.04. The van der Waals surface area contributed by atoms with Gasteiger partial charge in [-0.05, 0) is 38.6 Å². The van der Waals surface area contributed by atoms with Gasteiger partial charge in [-0.2, -0.15) is 0 Å². The van der Waals surface area contributed by atoms with Crippen LogP contribution in [0, 0.1) is 11.3 Å². The van der Waals surface area contributed by atoms with E-state index in [4.69, 9.17) is 4.74 Å². The van der Waals surface area contributed by atoms with Gasteiger partial charge < -0.3 is 9.64 Å². The van der Waals surface area contributed by atoms with E-state index in [0.29, 0.717) is 23.3 Å². The van der Waals surface area contributed by atoms with Crippen LogP contribution in [-0.2, 0) is 11.3 Å². The summed E-state index contributed by atoms with van der Waals surface area (Å²) in [5.74, 6) is 0.737. The number of carbonyl (C=O) groups is 1. The number of hydrogen-bond acceptors (Lipinski definition) is 5. The van der Waals surface area contributed by atoms with E-state index in [0.717, 1.165) is 57.5 Å². The van der Waals surface area contributed by atoms with Crippen LogP contribution < -0.4 is 4.74 Å². The Morgan fingerprint density at radius 3 is 2.65 bits per heavy atom. The SMILES string of the molecule is COc1ncc(CN2CCC[C@@]3(CCN(C(=O)C4CCCC4)C3)C2)cn1. The topological polar surface area (TPSA) is 58.6 Å². The minimum Gasteiger partial charge on any atom is -0.467 e. The van der Waals surface area contributed by atoms with E-state index < -0.39 is 0 Å². The minimum absolute atomic E-state index is 0.292. The zero-order valence-electron chi connectivity index (χ0n) is 15.8. The molecule has 0 N–H and O–H groups in total. The minimum atomic E-state index is 0.292. The number of ether oxygens (including phenoxy) is 1. The van der Waals surface area contributed by atoms with Crippen molar-refractivity contribution >= 4 is 5.91 Å². The first-order valence-electron chi connectivity index (χ1n) is 10.0. The molecule has 0 aromatic carbocycles. The number of hydrogen-bond donors (Lipinski definition) is 0. The van der Waals surface area contributed by atoms with Crippen LogP contribution in [0.15, 0.2) is 12.4 Å². The maximum atomic E-state index is 12.8. The van der Waals surface area contributed by atoms with Crippen molar-refractivity contribution in [3.05, 3.63) is 18.0 Å². The number of nitrogens with zero attached hydrogens (tertiary/aromatic N) is 4. The molecule has 1 aromatic rings. The lowest BCUT2D eigenvalue weighted by atomic mass is 9.79. The van der Waals surface area contributed by atoms with Gasteiger partial charge in [-0.15, -0.1) is 0 Å². The van der Waals surface area contributed by atoms with E-state index in [2.05, 4.69) is 19.8 Å². The summed E-state index contributed by atoms with van der Waals surface area (Å²) in [5.41, 5.74) is 1.42. The van der Waals surface area contributed by atoms with Crippen LogP contribution in [0.25, 0.3) is 0 Å². The molecule has 1 aromatic heterocycles. The molecule has 1 amide bonds. The molecule has 1 aliphatic carbocycles. The number of aromatic nitrogens is 2. The van der Waals surface area contributed by atoms with Crippen molar-refractivity contribution in [1.29, 1.82) is 0 Å². The van der Waals surface area contributed by atoms with E-state index in [-0.39, 0.29) is 0 Å². The Morgan fingerprint density at radius 1 is 1.15 bits per heavy atom. The largest absolute Gasteiger partial charge is 0.467 e. The van der Waals surface area contributed by atoms with Gasteiger partial charge in [0, 0.05) is 55.5 Å². The number of methoxy groups -OCH3 is 1. The van der Waals surface area contributed by atoms with Crippen molar-refractivity contribution in [2.24, 2.45) is 11.3 Å². The Balaban J connectivity index is 1.36. The molecule has 6 heteroatoms. The Kier molecular flexibility index (Phi) is 5.11. The predicted molar refractivity (Wildman–Crippen MR) is 98.7 cm³/mol. The van der Waals surface area contributed by atoms with Crippen molar-refractivity contribution in [3.8, 4) is 6.01 Å². The normalized spacial score (nSPS) is 27.3. The fourth-order valence-corrected chi connectivity index (χ4v) is 5.12. The zero-order chi connectivity index (χ0) is 18.0. The lowest BCUT2D eigenvalue weighted by Crippen LogP contribution is -2.45. The summed E-state index contributed by atoms with van der Waals surface area (Å²) in [6, 6.07) is 0.417. The predicted octanol–water partition coefficient (Wildman–Crippen LogP) is 2.49. The third kappa shape index (κ3) is 3.70. The first-order chi connectivity index (χ1) is 12.7. The maximum Gasteiger partial charge on any atom is 0.316 e. The second kappa shape index (κ2) is 7.51. The van der Waals surface area contributed by atoms with E-state index in [1.165, 1.54) is 25.7 Å². The lowest BCUT2D eigenvalue weighted by molar-refractivity contribution is -0.134. The number of piperidine rings is 1. The molecule has 2 aliphatic heterocycles. The molecule has 3 aliphatic rings. The molecular formula is C20H30N4O2. The molecule has 6 nitrogen and oxygen atoms in total. The highest BCUT2D eigenvalue weighted by atomic mass is 16.5. The van der Waals surface area contributed by atoms with Gasteiger partial charge in [0.15, 0.2) is 0 Å². The van der Waals surface area contributed by atoms with Crippen LogP contribution in [0.1, 0.15) is 50.5 Å². The molecule has 142 valence electrons. The van der Waals surface area contributed by atoms with Crippen molar-refractivity contribution in [2.75, 3.05) is 33.3 Å². The molecule has 26 heavy (non-hydrogen) atoms. The van der Waals surface area contributed by atoms with Crippen molar-refractivity contribution in [2.45, 2.75) is 51.5 Å². The molecule has 2 saturated heterocycles. The average molecular weight is 358 g/mol. The van der Waals surface area contributed by atoms with Gasteiger partial charge in [-0.1, -0.05) is 12.8 Å². The Morgan fingerprint density at radius 2 is 1.92 bits per heavy atom. The quantitative estimate of drug-likeness (QED) is 0.828. The molecule has 1 saturated carbocycles. The highest BCUT2D eigenvalue weighted by Gasteiger charge is 2.43. The standard InChI is InChI=1S/C20H30N4O2/c1-26-19-21-11-16(12-22-19)13-23-9-4-7-20(14-23)8-10-24(15-20)18(25)17-5-2-3-6-17/h11-12,17H,2-10,13-15H2,1H3/t20-/m1/s1. The summed E-state index contributed by atoms with van der Waals surface area (Å²) in [6.45, 7) is 4.98. The molecule has 0 radical (unpaired) electrons. The smallest absolute Gasteiger partial charge is 0.316 e. The highest BCUT2D eigenvalue weighted by molar-refractivity contribution is 5.79.